The minimum Gasteiger partial charge on any atom is -0.507 e. The molecule has 182 valence electrons. The molecular weight excluding hydrogens is 540 g/mol. The van der Waals surface area contributed by atoms with Crippen LogP contribution >= 0.6 is 27.3 Å². The van der Waals surface area contributed by atoms with Gasteiger partial charge in [0.25, 0.3) is 5.78 Å². The van der Waals surface area contributed by atoms with E-state index in [2.05, 4.69) is 33.9 Å². The molecule has 2 heterocycles. The summed E-state index contributed by atoms with van der Waals surface area (Å²) in [6.07, 6.45) is 0.884. The van der Waals surface area contributed by atoms with Gasteiger partial charge in [-0.2, -0.15) is 0 Å². The lowest BCUT2D eigenvalue weighted by Gasteiger charge is -2.23. The Hall–Kier alpha value is -3.49. The highest BCUT2D eigenvalue weighted by Gasteiger charge is 2.48. The van der Waals surface area contributed by atoms with E-state index < -0.39 is 17.7 Å². The molecule has 1 atom stereocenters. The molecule has 1 aliphatic heterocycles. The molecule has 1 saturated heterocycles. The Bertz CT molecular complexity index is 1490. The molecule has 1 fully saturated rings. The summed E-state index contributed by atoms with van der Waals surface area (Å²) in [5.74, 6) is -1.05. The number of hydrogen-bond donors (Lipinski definition) is 1. The first-order chi connectivity index (χ1) is 17.4. The third kappa shape index (κ3) is 4.31. The first kappa shape index (κ1) is 24.2. The van der Waals surface area contributed by atoms with Crippen LogP contribution in [-0.2, 0) is 16.0 Å². The number of halogens is 1. The number of ether oxygens (including phenoxy) is 1. The van der Waals surface area contributed by atoms with Crippen molar-refractivity contribution in [2.75, 3.05) is 11.5 Å². The second-order valence-electron chi connectivity index (χ2n) is 8.33. The van der Waals surface area contributed by atoms with Crippen LogP contribution in [0, 0.1) is 0 Å². The van der Waals surface area contributed by atoms with E-state index in [0.29, 0.717) is 28.6 Å². The summed E-state index contributed by atoms with van der Waals surface area (Å²) >= 11 is 4.80. The summed E-state index contributed by atoms with van der Waals surface area (Å²) in [6, 6.07) is 19.3. The molecular formula is C28H23BrN2O4S. The van der Waals surface area contributed by atoms with Gasteiger partial charge in [-0.3, -0.25) is 14.5 Å². The average Bonchev–Trinajstić information content (AvgIpc) is 3.42. The molecule has 1 aliphatic rings. The number of nitrogens with zero attached hydrogens (tertiary/aromatic N) is 2. The fraction of sp³-hybridized carbons (Fsp3) is 0.179. The van der Waals surface area contributed by atoms with Gasteiger partial charge < -0.3 is 9.84 Å². The SMILES string of the molecule is CCOc1ccc(/C(O)=C2\C(=O)C(=O)N(c3nc4ccc(CC)cc4s3)C2c2ccc(Br)cc2)cc1. The van der Waals surface area contributed by atoms with Crippen molar-refractivity contribution in [1.82, 2.24) is 4.98 Å². The van der Waals surface area contributed by atoms with E-state index in [0.717, 1.165) is 21.1 Å². The van der Waals surface area contributed by atoms with Gasteiger partial charge in [0.2, 0.25) is 0 Å². The maximum Gasteiger partial charge on any atom is 0.301 e. The number of rotatable bonds is 6. The van der Waals surface area contributed by atoms with E-state index in [1.807, 2.05) is 43.3 Å². The molecule has 36 heavy (non-hydrogen) atoms. The molecule has 0 spiro atoms. The highest BCUT2D eigenvalue weighted by molar-refractivity contribution is 9.10. The number of aliphatic hydroxyl groups excluding tert-OH is 1. The Morgan fingerprint density at radius 2 is 1.78 bits per heavy atom. The first-order valence-corrected chi connectivity index (χ1v) is 13.2. The molecule has 0 radical (unpaired) electrons. The van der Waals surface area contributed by atoms with Crippen LogP contribution in [0.3, 0.4) is 0 Å². The third-order valence-electron chi connectivity index (χ3n) is 6.12. The van der Waals surface area contributed by atoms with Crippen molar-refractivity contribution >= 4 is 60.1 Å². The molecule has 5 rings (SSSR count). The van der Waals surface area contributed by atoms with Crippen LogP contribution in [0.4, 0.5) is 5.13 Å². The fourth-order valence-electron chi connectivity index (χ4n) is 4.30. The van der Waals surface area contributed by atoms with E-state index in [4.69, 9.17) is 4.74 Å². The van der Waals surface area contributed by atoms with Crippen LogP contribution in [0.25, 0.3) is 16.0 Å². The minimum absolute atomic E-state index is 0.0278. The number of anilines is 1. The predicted octanol–water partition coefficient (Wildman–Crippen LogP) is 6.65. The largest absolute Gasteiger partial charge is 0.507 e. The van der Waals surface area contributed by atoms with Gasteiger partial charge in [0.1, 0.15) is 11.5 Å². The zero-order valence-electron chi connectivity index (χ0n) is 19.7. The zero-order valence-corrected chi connectivity index (χ0v) is 22.1. The summed E-state index contributed by atoms with van der Waals surface area (Å²) in [5.41, 5.74) is 3.07. The lowest BCUT2D eigenvalue weighted by atomic mass is 9.95. The van der Waals surface area contributed by atoms with Crippen LogP contribution in [0.1, 0.15) is 36.6 Å². The third-order valence-corrected chi connectivity index (χ3v) is 7.67. The molecule has 1 unspecified atom stereocenters. The van der Waals surface area contributed by atoms with E-state index in [-0.39, 0.29) is 11.3 Å². The van der Waals surface area contributed by atoms with Gasteiger partial charge in [0.15, 0.2) is 5.13 Å². The summed E-state index contributed by atoms with van der Waals surface area (Å²) in [6.45, 7) is 4.48. The van der Waals surface area contributed by atoms with Gasteiger partial charge in [-0.15, -0.1) is 0 Å². The number of aromatic nitrogens is 1. The Labute approximate surface area is 221 Å². The van der Waals surface area contributed by atoms with Gasteiger partial charge in [0, 0.05) is 10.0 Å². The number of Topliss-reactive ketones (excluding diaryl/α,β-unsaturated/α-hetero) is 1. The molecule has 4 aromatic rings. The smallest absolute Gasteiger partial charge is 0.301 e. The maximum atomic E-state index is 13.4. The quantitative estimate of drug-likeness (QED) is 0.162. The summed E-state index contributed by atoms with van der Waals surface area (Å²) in [5, 5.41) is 11.7. The molecule has 1 aromatic heterocycles. The van der Waals surface area contributed by atoms with Crippen molar-refractivity contribution in [3.63, 3.8) is 0 Å². The lowest BCUT2D eigenvalue weighted by molar-refractivity contribution is -0.132. The number of benzene rings is 3. The fourth-order valence-corrected chi connectivity index (χ4v) is 5.62. The van der Waals surface area contributed by atoms with Crippen molar-refractivity contribution in [3.8, 4) is 5.75 Å². The van der Waals surface area contributed by atoms with Crippen molar-refractivity contribution < 1.29 is 19.4 Å². The monoisotopic (exact) mass is 562 g/mol. The molecule has 1 N–H and O–H groups in total. The van der Waals surface area contributed by atoms with Crippen LogP contribution < -0.4 is 9.64 Å². The van der Waals surface area contributed by atoms with Crippen molar-refractivity contribution in [1.29, 1.82) is 0 Å². The number of aliphatic hydroxyl groups is 1. The van der Waals surface area contributed by atoms with Crippen LogP contribution in [0.5, 0.6) is 5.75 Å². The van der Waals surface area contributed by atoms with E-state index >= 15 is 0 Å². The van der Waals surface area contributed by atoms with E-state index in [1.165, 1.54) is 21.8 Å². The number of amides is 1. The van der Waals surface area contributed by atoms with Gasteiger partial charge in [-0.05, 0) is 73.0 Å². The zero-order chi connectivity index (χ0) is 25.4. The number of hydrogen-bond acceptors (Lipinski definition) is 6. The molecule has 0 aliphatic carbocycles. The minimum atomic E-state index is -0.823. The molecule has 6 nitrogen and oxygen atoms in total. The van der Waals surface area contributed by atoms with E-state index in [9.17, 15) is 14.7 Å². The molecule has 1 amide bonds. The number of carbonyl (C=O) groups excluding carboxylic acids is 2. The molecule has 0 bridgehead atoms. The summed E-state index contributed by atoms with van der Waals surface area (Å²) in [4.78, 5) is 32.9. The van der Waals surface area contributed by atoms with E-state index in [1.54, 1.807) is 24.3 Å². The number of aryl methyl sites for hydroxylation is 1. The van der Waals surface area contributed by atoms with Crippen molar-refractivity contribution in [2.45, 2.75) is 26.3 Å². The summed E-state index contributed by atoms with van der Waals surface area (Å²) < 4.78 is 7.29. The Balaban J connectivity index is 1.67. The van der Waals surface area contributed by atoms with Crippen molar-refractivity contribution in [3.05, 3.63) is 93.5 Å². The molecule has 0 saturated carbocycles. The Morgan fingerprint density at radius 1 is 1.06 bits per heavy atom. The lowest BCUT2D eigenvalue weighted by Crippen LogP contribution is -2.29. The maximum absolute atomic E-state index is 13.4. The second kappa shape index (κ2) is 9.87. The molecule has 8 heteroatoms. The van der Waals surface area contributed by atoms with Gasteiger partial charge in [-0.25, -0.2) is 4.98 Å². The van der Waals surface area contributed by atoms with Gasteiger partial charge >= 0.3 is 5.91 Å². The van der Waals surface area contributed by atoms with Crippen molar-refractivity contribution in [2.24, 2.45) is 0 Å². The topological polar surface area (TPSA) is 79.7 Å². The highest BCUT2D eigenvalue weighted by Crippen LogP contribution is 2.44. The number of fused-ring (bicyclic) bond motifs is 1. The summed E-state index contributed by atoms with van der Waals surface area (Å²) in [7, 11) is 0. The number of thiazole rings is 1. The second-order valence-corrected chi connectivity index (χ2v) is 10.3. The van der Waals surface area contributed by atoms with Gasteiger partial charge in [0.05, 0.1) is 28.4 Å². The van der Waals surface area contributed by atoms with Crippen LogP contribution in [-0.4, -0.2) is 28.4 Å². The Kier molecular flexibility index (Phi) is 6.64. The number of ketones is 1. The normalized spacial score (nSPS) is 17.2. The number of carbonyl (C=O) groups is 2. The van der Waals surface area contributed by atoms with Gasteiger partial charge in [-0.1, -0.05) is 52.4 Å². The average molecular weight is 563 g/mol. The van der Waals surface area contributed by atoms with Crippen LogP contribution in [0.15, 0.2) is 76.8 Å². The highest BCUT2D eigenvalue weighted by atomic mass is 79.9. The standard InChI is InChI=1S/C28H23BrN2O4S/c1-3-16-5-14-21-22(15-16)36-28(30-21)31-24(17-6-10-19(29)11-7-17)23(26(33)27(31)34)25(32)18-8-12-20(13-9-18)35-4-2/h5-15,24,32H,3-4H2,1-2H3/b25-23+. The molecule has 3 aromatic carbocycles. The van der Waals surface area contributed by atoms with Crippen LogP contribution in [0.2, 0.25) is 0 Å². The predicted molar refractivity (Wildman–Crippen MR) is 146 cm³/mol. The first-order valence-electron chi connectivity index (χ1n) is 11.6. The Morgan fingerprint density at radius 3 is 2.44 bits per heavy atom.